The number of morpholine rings is 1. The molecule has 0 aromatic rings. The largest absolute Gasteiger partial charge is 0.382 e. The van der Waals surface area contributed by atoms with E-state index in [0.29, 0.717) is 19.7 Å². The van der Waals surface area contributed by atoms with Gasteiger partial charge in [-0.15, -0.1) is 0 Å². The Morgan fingerprint density at radius 3 is 2.93 bits per heavy atom. The second-order valence-electron chi connectivity index (χ2n) is 4.38. The van der Waals surface area contributed by atoms with Crippen molar-refractivity contribution < 1.29 is 14.3 Å². The van der Waals surface area contributed by atoms with E-state index < -0.39 is 0 Å². The zero-order valence-corrected chi connectivity index (χ0v) is 9.66. The summed E-state index contributed by atoms with van der Waals surface area (Å²) in [6, 6.07) is 0. The third-order valence-electron chi connectivity index (χ3n) is 2.32. The molecule has 86 valence electrons. The summed E-state index contributed by atoms with van der Waals surface area (Å²) in [5.74, 6) is -0.0486. The van der Waals surface area contributed by atoms with E-state index in [0.717, 1.165) is 0 Å². The first-order chi connectivity index (χ1) is 6.98. The Labute approximate surface area is 90.8 Å². The summed E-state index contributed by atoms with van der Waals surface area (Å²) in [6.07, 6.45) is 1.29. The van der Waals surface area contributed by atoms with Gasteiger partial charge in [-0.2, -0.15) is 0 Å². The second kappa shape index (κ2) is 4.77. The van der Waals surface area contributed by atoms with E-state index in [1.54, 1.807) is 12.0 Å². The number of ether oxygens (including phenoxy) is 2. The Balaban J connectivity index is 2.67. The molecule has 4 nitrogen and oxygen atoms in total. The summed E-state index contributed by atoms with van der Waals surface area (Å²) in [5.41, 5.74) is -0.319. The van der Waals surface area contributed by atoms with Crippen molar-refractivity contribution in [1.29, 1.82) is 0 Å². The Morgan fingerprint density at radius 2 is 2.40 bits per heavy atom. The van der Waals surface area contributed by atoms with Crippen LogP contribution in [0.25, 0.3) is 0 Å². The summed E-state index contributed by atoms with van der Waals surface area (Å²) in [5, 5.41) is 0. The van der Waals surface area contributed by atoms with Crippen molar-refractivity contribution in [2.75, 3.05) is 26.8 Å². The first-order valence-electron chi connectivity index (χ1n) is 5.06. The van der Waals surface area contributed by atoms with Gasteiger partial charge < -0.3 is 14.4 Å². The van der Waals surface area contributed by atoms with Gasteiger partial charge in [0.25, 0.3) is 0 Å². The van der Waals surface area contributed by atoms with Crippen molar-refractivity contribution in [1.82, 2.24) is 4.90 Å². The standard InChI is InChI=1S/C11H19NO3/c1-5-10(13)12-6-9(7-14-4)15-11(2,3)8-12/h5,9H,1,6-8H2,2-4H3/t9-/m1/s1. The van der Waals surface area contributed by atoms with Crippen molar-refractivity contribution in [3.05, 3.63) is 12.7 Å². The Hall–Kier alpha value is -0.870. The number of nitrogens with zero attached hydrogens (tertiary/aromatic N) is 1. The molecule has 0 N–H and O–H groups in total. The van der Waals surface area contributed by atoms with Gasteiger partial charge in [0, 0.05) is 20.2 Å². The minimum Gasteiger partial charge on any atom is -0.382 e. The molecule has 0 bridgehead atoms. The number of methoxy groups -OCH3 is 1. The number of amides is 1. The smallest absolute Gasteiger partial charge is 0.246 e. The summed E-state index contributed by atoms with van der Waals surface area (Å²) in [4.78, 5) is 13.3. The van der Waals surface area contributed by atoms with Crippen molar-refractivity contribution in [2.45, 2.75) is 25.6 Å². The molecule has 0 aromatic carbocycles. The molecule has 1 aliphatic heterocycles. The molecule has 1 atom stereocenters. The fourth-order valence-corrected chi connectivity index (χ4v) is 1.87. The zero-order chi connectivity index (χ0) is 11.5. The third-order valence-corrected chi connectivity index (χ3v) is 2.32. The monoisotopic (exact) mass is 213 g/mol. The Morgan fingerprint density at radius 1 is 1.73 bits per heavy atom. The lowest BCUT2D eigenvalue weighted by Gasteiger charge is -2.42. The molecule has 1 amide bonds. The minimum absolute atomic E-state index is 0.0486. The molecule has 1 fully saturated rings. The third kappa shape index (κ3) is 3.32. The molecular formula is C11H19NO3. The first-order valence-corrected chi connectivity index (χ1v) is 5.06. The number of carbonyl (C=O) groups excluding carboxylic acids is 1. The summed E-state index contributed by atoms with van der Waals surface area (Å²) in [6.45, 7) is 9.10. The van der Waals surface area contributed by atoms with Crippen molar-refractivity contribution in [3.8, 4) is 0 Å². The van der Waals surface area contributed by atoms with Crippen LogP contribution in [0.1, 0.15) is 13.8 Å². The molecule has 0 spiro atoms. The van der Waals surface area contributed by atoms with Gasteiger partial charge in [-0.3, -0.25) is 4.79 Å². The van der Waals surface area contributed by atoms with E-state index in [2.05, 4.69) is 6.58 Å². The van der Waals surface area contributed by atoms with Crippen molar-refractivity contribution in [2.24, 2.45) is 0 Å². The normalized spacial score (nSPS) is 25.0. The van der Waals surface area contributed by atoms with Crippen LogP contribution in [0.5, 0.6) is 0 Å². The van der Waals surface area contributed by atoms with Crippen LogP contribution < -0.4 is 0 Å². The number of rotatable bonds is 3. The molecule has 1 aliphatic rings. The maximum absolute atomic E-state index is 11.5. The van der Waals surface area contributed by atoms with Crippen LogP contribution in [-0.2, 0) is 14.3 Å². The lowest BCUT2D eigenvalue weighted by Crippen LogP contribution is -2.55. The fourth-order valence-electron chi connectivity index (χ4n) is 1.87. The number of hydrogen-bond acceptors (Lipinski definition) is 3. The lowest BCUT2D eigenvalue weighted by atomic mass is 10.1. The van der Waals surface area contributed by atoms with E-state index >= 15 is 0 Å². The SMILES string of the molecule is C=CC(=O)N1C[C@H](COC)OC(C)(C)C1. The molecule has 1 saturated heterocycles. The van der Waals surface area contributed by atoms with E-state index in [-0.39, 0.29) is 17.6 Å². The highest BCUT2D eigenvalue weighted by atomic mass is 16.5. The molecule has 15 heavy (non-hydrogen) atoms. The van der Waals surface area contributed by atoms with Gasteiger partial charge in [-0.05, 0) is 19.9 Å². The van der Waals surface area contributed by atoms with Crippen LogP contribution in [0.3, 0.4) is 0 Å². The first kappa shape index (κ1) is 12.2. The van der Waals surface area contributed by atoms with Crippen LogP contribution in [0.2, 0.25) is 0 Å². The van der Waals surface area contributed by atoms with E-state index in [1.807, 2.05) is 13.8 Å². The van der Waals surface area contributed by atoms with Crippen LogP contribution in [-0.4, -0.2) is 49.3 Å². The molecule has 0 radical (unpaired) electrons. The molecular weight excluding hydrogens is 194 g/mol. The predicted molar refractivity (Wildman–Crippen MR) is 57.6 cm³/mol. The van der Waals surface area contributed by atoms with Crippen LogP contribution in [0, 0.1) is 0 Å². The molecule has 1 heterocycles. The van der Waals surface area contributed by atoms with Crippen LogP contribution in [0.15, 0.2) is 12.7 Å². The molecule has 0 saturated carbocycles. The molecule has 0 aliphatic carbocycles. The summed E-state index contributed by atoms with van der Waals surface area (Å²) < 4.78 is 10.8. The van der Waals surface area contributed by atoms with Gasteiger partial charge in [0.15, 0.2) is 0 Å². The Bertz CT molecular complexity index is 250. The van der Waals surface area contributed by atoms with E-state index in [4.69, 9.17) is 9.47 Å². The van der Waals surface area contributed by atoms with Gasteiger partial charge in [0.05, 0.1) is 18.3 Å². The highest BCUT2D eigenvalue weighted by molar-refractivity contribution is 5.87. The molecule has 1 rings (SSSR count). The summed E-state index contributed by atoms with van der Waals surface area (Å²) in [7, 11) is 1.63. The average molecular weight is 213 g/mol. The number of hydrogen-bond donors (Lipinski definition) is 0. The predicted octanol–water partition coefficient (Wildman–Crippen LogP) is 0.825. The molecule has 0 unspecified atom stereocenters. The minimum atomic E-state index is -0.319. The van der Waals surface area contributed by atoms with Crippen LogP contribution in [0.4, 0.5) is 0 Å². The van der Waals surface area contributed by atoms with Gasteiger partial charge in [0.2, 0.25) is 5.91 Å². The van der Waals surface area contributed by atoms with Gasteiger partial charge in [-0.25, -0.2) is 0 Å². The quantitative estimate of drug-likeness (QED) is 0.652. The molecule has 0 aromatic heterocycles. The topological polar surface area (TPSA) is 38.8 Å². The zero-order valence-electron chi connectivity index (χ0n) is 9.66. The molecule has 4 heteroatoms. The van der Waals surface area contributed by atoms with E-state index in [1.165, 1.54) is 6.08 Å². The maximum Gasteiger partial charge on any atom is 0.246 e. The summed E-state index contributed by atoms with van der Waals surface area (Å²) >= 11 is 0. The van der Waals surface area contributed by atoms with Crippen molar-refractivity contribution >= 4 is 5.91 Å². The lowest BCUT2D eigenvalue weighted by molar-refractivity contribution is -0.165. The maximum atomic E-state index is 11.5. The second-order valence-corrected chi connectivity index (χ2v) is 4.38. The van der Waals surface area contributed by atoms with E-state index in [9.17, 15) is 4.79 Å². The van der Waals surface area contributed by atoms with Gasteiger partial charge in [-0.1, -0.05) is 6.58 Å². The van der Waals surface area contributed by atoms with Gasteiger partial charge in [0.1, 0.15) is 0 Å². The van der Waals surface area contributed by atoms with Crippen molar-refractivity contribution in [3.63, 3.8) is 0 Å². The Kier molecular flexibility index (Phi) is 3.88. The highest BCUT2D eigenvalue weighted by Gasteiger charge is 2.34. The number of carbonyl (C=O) groups is 1. The average Bonchev–Trinajstić information content (AvgIpc) is 2.14. The van der Waals surface area contributed by atoms with Crippen LogP contribution >= 0.6 is 0 Å². The fraction of sp³-hybridized carbons (Fsp3) is 0.727. The van der Waals surface area contributed by atoms with Gasteiger partial charge >= 0.3 is 0 Å². The highest BCUT2D eigenvalue weighted by Crippen LogP contribution is 2.21.